The molecule has 0 rings (SSSR count). The van der Waals surface area contributed by atoms with E-state index in [2.05, 4.69) is 5.32 Å². The highest BCUT2D eigenvalue weighted by molar-refractivity contribution is 5.82. The first kappa shape index (κ1) is 14.9. The maximum atomic E-state index is 11.5. The maximum Gasteiger partial charge on any atom is 0.307 e. The van der Waals surface area contributed by atoms with Gasteiger partial charge in [-0.25, -0.2) is 0 Å². The van der Waals surface area contributed by atoms with E-state index in [9.17, 15) is 9.59 Å². The van der Waals surface area contributed by atoms with E-state index in [0.717, 1.165) is 0 Å². The first-order valence-corrected chi connectivity index (χ1v) is 5.60. The molecule has 5 nitrogen and oxygen atoms in total. The van der Waals surface area contributed by atoms with Crippen LogP contribution >= 0.6 is 0 Å². The summed E-state index contributed by atoms with van der Waals surface area (Å²) in [6, 6.07) is -0.791. The Bertz CT molecular complexity index is 241. The molecular weight excluding hydrogens is 208 g/mol. The molecule has 0 saturated carbocycles. The van der Waals surface area contributed by atoms with Gasteiger partial charge in [-0.05, 0) is 19.8 Å². The monoisotopic (exact) mass is 230 g/mol. The summed E-state index contributed by atoms with van der Waals surface area (Å²) in [7, 11) is 0. The van der Waals surface area contributed by atoms with Crippen molar-refractivity contribution in [1.29, 1.82) is 0 Å². The summed E-state index contributed by atoms with van der Waals surface area (Å²) in [4.78, 5) is 22.7. The first-order chi connectivity index (χ1) is 7.38. The van der Waals surface area contributed by atoms with Gasteiger partial charge in [0.1, 0.15) is 0 Å². The van der Waals surface area contributed by atoms with E-state index in [1.54, 1.807) is 13.8 Å². The van der Waals surface area contributed by atoms with Gasteiger partial charge < -0.3 is 15.8 Å². The van der Waals surface area contributed by atoms with Gasteiger partial charge in [-0.15, -0.1) is 0 Å². The van der Waals surface area contributed by atoms with Crippen LogP contribution < -0.4 is 11.1 Å². The second kappa shape index (κ2) is 7.22. The third kappa shape index (κ3) is 5.70. The molecule has 0 aliphatic heterocycles. The van der Waals surface area contributed by atoms with Crippen LogP contribution in [-0.2, 0) is 14.3 Å². The first-order valence-electron chi connectivity index (χ1n) is 5.60. The van der Waals surface area contributed by atoms with Crippen molar-refractivity contribution in [3.63, 3.8) is 0 Å². The fourth-order valence-corrected chi connectivity index (χ4v) is 1.16. The summed E-state index contributed by atoms with van der Waals surface area (Å²) in [5.74, 6) is -0.463. The molecule has 0 radical (unpaired) electrons. The fourth-order valence-electron chi connectivity index (χ4n) is 1.16. The van der Waals surface area contributed by atoms with Crippen molar-refractivity contribution in [3.05, 3.63) is 0 Å². The SMILES string of the molecule is CCOC(=O)CC(C)NC(=O)[C@@H](N)C(C)C. The topological polar surface area (TPSA) is 81.4 Å². The number of hydrogen-bond acceptors (Lipinski definition) is 4. The van der Waals surface area contributed by atoms with Crippen LogP contribution in [-0.4, -0.2) is 30.6 Å². The largest absolute Gasteiger partial charge is 0.466 e. The number of nitrogens with one attached hydrogen (secondary N) is 1. The molecule has 1 unspecified atom stereocenters. The van der Waals surface area contributed by atoms with Crippen LogP contribution in [0.2, 0.25) is 0 Å². The average Bonchev–Trinajstić information content (AvgIpc) is 2.16. The van der Waals surface area contributed by atoms with E-state index in [1.165, 1.54) is 0 Å². The summed E-state index contributed by atoms with van der Waals surface area (Å²) in [5.41, 5.74) is 5.67. The quantitative estimate of drug-likeness (QED) is 0.648. The lowest BCUT2D eigenvalue weighted by Gasteiger charge is -2.19. The lowest BCUT2D eigenvalue weighted by Crippen LogP contribution is -2.47. The summed E-state index contributed by atoms with van der Waals surface area (Å²) in [6.07, 6.45) is 0.171. The predicted molar refractivity (Wildman–Crippen MR) is 61.7 cm³/mol. The van der Waals surface area contributed by atoms with E-state index in [0.29, 0.717) is 6.61 Å². The Morgan fingerprint density at radius 3 is 2.31 bits per heavy atom. The summed E-state index contributed by atoms with van der Waals surface area (Å²) in [6.45, 7) is 7.60. The lowest BCUT2D eigenvalue weighted by atomic mass is 10.0. The molecule has 0 aromatic carbocycles. The van der Waals surface area contributed by atoms with Gasteiger partial charge in [-0.3, -0.25) is 9.59 Å². The Kier molecular flexibility index (Phi) is 6.72. The van der Waals surface area contributed by atoms with Crippen molar-refractivity contribution in [3.8, 4) is 0 Å². The zero-order valence-electron chi connectivity index (χ0n) is 10.4. The molecule has 0 aromatic rings. The number of esters is 1. The third-order valence-electron chi connectivity index (χ3n) is 2.19. The van der Waals surface area contributed by atoms with E-state index < -0.39 is 6.04 Å². The Balaban J connectivity index is 4.00. The molecule has 1 amide bonds. The molecule has 0 heterocycles. The van der Waals surface area contributed by atoms with Crippen molar-refractivity contribution >= 4 is 11.9 Å². The number of ether oxygens (including phenoxy) is 1. The Morgan fingerprint density at radius 2 is 1.88 bits per heavy atom. The molecule has 0 aliphatic rings. The van der Waals surface area contributed by atoms with Crippen molar-refractivity contribution < 1.29 is 14.3 Å². The van der Waals surface area contributed by atoms with Crippen LogP contribution in [0, 0.1) is 5.92 Å². The molecule has 3 N–H and O–H groups in total. The van der Waals surface area contributed by atoms with Crippen molar-refractivity contribution in [2.45, 2.75) is 46.2 Å². The fraction of sp³-hybridized carbons (Fsp3) is 0.818. The van der Waals surface area contributed by atoms with Gasteiger partial charge >= 0.3 is 5.97 Å². The van der Waals surface area contributed by atoms with Crippen LogP contribution in [0.1, 0.15) is 34.1 Å². The Hall–Kier alpha value is -1.10. The normalized spacial score (nSPS) is 14.4. The lowest BCUT2D eigenvalue weighted by molar-refractivity contribution is -0.143. The van der Waals surface area contributed by atoms with Crippen molar-refractivity contribution in [2.75, 3.05) is 6.61 Å². The number of amides is 1. The molecule has 2 atom stereocenters. The van der Waals surface area contributed by atoms with Gasteiger partial charge in [0.05, 0.1) is 19.1 Å². The zero-order valence-corrected chi connectivity index (χ0v) is 10.4. The molecule has 94 valence electrons. The van der Waals surface area contributed by atoms with Crippen LogP contribution in [0.25, 0.3) is 0 Å². The standard InChI is InChI=1S/C11H22N2O3/c1-5-16-9(14)6-8(4)13-11(15)10(12)7(2)3/h7-8,10H,5-6,12H2,1-4H3,(H,13,15)/t8?,10-/m0/s1. The van der Waals surface area contributed by atoms with E-state index in [-0.39, 0.29) is 30.3 Å². The minimum absolute atomic E-state index is 0.0785. The van der Waals surface area contributed by atoms with Crippen molar-refractivity contribution in [1.82, 2.24) is 5.32 Å². The average molecular weight is 230 g/mol. The second-order valence-corrected chi connectivity index (χ2v) is 4.19. The highest BCUT2D eigenvalue weighted by atomic mass is 16.5. The maximum absolute atomic E-state index is 11.5. The molecule has 0 fully saturated rings. The molecule has 16 heavy (non-hydrogen) atoms. The van der Waals surface area contributed by atoms with Gasteiger partial charge in [-0.1, -0.05) is 13.8 Å². The highest BCUT2D eigenvalue weighted by Gasteiger charge is 2.20. The van der Waals surface area contributed by atoms with Gasteiger partial charge in [0.15, 0.2) is 0 Å². The predicted octanol–water partition coefficient (Wildman–Crippen LogP) is 0.428. The third-order valence-corrected chi connectivity index (χ3v) is 2.19. The molecule has 0 aliphatic carbocycles. The van der Waals surface area contributed by atoms with Crippen molar-refractivity contribution in [2.24, 2.45) is 11.7 Å². The minimum Gasteiger partial charge on any atom is -0.466 e. The minimum atomic E-state index is -0.537. The smallest absolute Gasteiger partial charge is 0.307 e. The summed E-state index contributed by atoms with van der Waals surface area (Å²) < 4.78 is 4.78. The number of hydrogen-bond donors (Lipinski definition) is 2. The number of rotatable bonds is 6. The zero-order chi connectivity index (χ0) is 12.7. The number of carbonyl (C=O) groups is 2. The molecular formula is C11H22N2O3. The van der Waals surface area contributed by atoms with Gasteiger partial charge in [-0.2, -0.15) is 0 Å². The Morgan fingerprint density at radius 1 is 1.31 bits per heavy atom. The van der Waals surface area contributed by atoms with Crippen LogP contribution in [0.4, 0.5) is 0 Å². The van der Waals surface area contributed by atoms with Crippen LogP contribution in [0.15, 0.2) is 0 Å². The van der Waals surface area contributed by atoms with Gasteiger partial charge in [0.2, 0.25) is 5.91 Å². The van der Waals surface area contributed by atoms with Crippen LogP contribution in [0.5, 0.6) is 0 Å². The molecule has 5 heteroatoms. The van der Waals surface area contributed by atoms with E-state index in [4.69, 9.17) is 10.5 Å². The Labute approximate surface area is 96.7 Å². The summed E-state index contributed by atoms with van der Waals surface area (Å²) in [5, 5.41) is 2.69. The molecule has 0 saturated heterocycles. The summed E-state index contributed by atoms with van der Waals surface area (Å²) >= 11 is 0. The molecule has 0 spiro atoms. The highest BCUT2D eigenvalue weighted by Crippen LogP contribution is 2.00. The van der Waals surface area contributed by atoms with Gasteiger partial charge in [0, 0.05) is 6.04 Å². The van der Waals surface area contributed by atoms with Crippen LogP contribution in [0.3, 0.4) is 0 Å². The number of nitrogens with two attached hydrogens (primary N) is 1. The van der Waals surface area contributed by atoms with Gasteiger partial charge in [0.25, 0.3) is 0 Å². The number of carbonyl (C=O) groups excluding carboxylic acids is 2. The second-order valence-electron chi connectivity index (χ2n) is 4.19. The molecule has 0 aromatic heterocycles. The van der Waals surface area contributed by atoms with E-state index >= 15 is 0 Å². The van der Waals surface area contributed by atoms with E-state index in [1.807, 2.05) is 13.8 Å². The molecule has 0 bridgehead atoms.